The Kier molecular flexibility index (Phi) is 9.73. The van der Waals surface area contributed by atoms with Gasteiger partial charge in [-0.3, -0.25) is 0 Å². The van der Waals surface area contributed by atoms with E-state index in [4.69, 9.17) is 9.47 Å². The van der Waals surface area contributed by atoms with Crippen molar-refractivity contribution in [2.45, 2.75) is 42.4 Å². The molecule has 0 spiro atoms. The lowest BCUT2D eigenvalue weighted by Crippen LogP contribution is -2.42. The van der Waals surface area contributed by atoms with Crippen LogP contribution in [0.5, 0.6) is 11.5 Å². The zero-order valence-electron chi connectivity index (χ0n) is 24.6. The molecule has 1 N–H and O–H groups in total. The highest BCUT2D eigenvalue weighted by atomic mass is 32.2. The molecule has 3 aromatic carbocycles. The first kappa shape index (κ1) is 31.7. The number of piperidine rings is 1. The number of nitrogens with zero attached hydrogens (tertiary/aromatic N) is 5. The van der Waals surface area contributed by atoms with E-state index in [0.717, 1.165) is 0 Å². The Morgan fingerprint density at radius 2 is 1.59 bits per heavy atom. The number of rotatable bonds is 11. The number of hydrogen-bond acceptors (Lipinski definition) is 9. The number of anilines is 1. The predicted octanol–water partition coefficient (Wildman–Crippen LogP) is 5.03. The fourth-order valence-electron chi connectivity index (χ4n) is 5.25. The lowest BCUT2D eigenvalue weighted by Gasteiger charge is -2.36. The van der Waals surface area contributed by atoms with Crippen LogP contribution < -0.4 is 14.4 Å². The van der Waals surface area contributed by atoms with Crippen molar-refractivity contribution in [3.63, 3.8) is 0 Å². The topological polar surface area (TPSA) is 133 Å². The maximum absolute atomic E-state index is 14.9. The van der Waals surface area contributed by atoms with Crippen molar-refractivity contribution in [3.05, 3.63) is 77.4 Å². The van der Waals surface area contributed by atoms with Crippen molar-refractivity contribution < 1.29 is 31.0 Å². The van der Waals surface area contributed by atoms with Gasteiger partial charge in [0.15, 0.2) is 23.6 Å². The molecule has 0 amide bonds. The summed E-state index contributed by atoms with van der Waals surface area (Å²) in [6, 6.07) is 16.8. The van der Waals surface area contributed by atoms with E-state index in [-0.39, 0.29) is 48.5 Å². The molecule has 44 heavy (non-hydrogen) atoms. The van der Waals surface area contributed by atoms with Gasteiger partial charge in [-0.1, -0.05) is 31.2 Å². The third-order valence-electron chi connectivity index (χ3n) is 7.80. The Hall–Kier alpha value is -3.72. The average Bonchev–Trinajstić information content (AvgIpc) is 3.57. The van der Waals surface area contributed by atoms with Crippen molar-refractivity contribution in [2.24, 2.45) is 21.1 Å². The highest BCUT2D eigenvalue weighted by Crippen LogP contribution is 2.38. The Bertz CT molecular complexity index is 1630. The van der Waals surface area contributed by atoms with Crippen LogP contribution in [0.4, 0.5) is 10.1 Å². The second kappa shape index (κ2) is 13.5. The first-order valence-corrected chi connectivity index (χ1v) is 16.5. The van der Waals surface area contributed by atoms with Gasteiger partial charge in [0.05, 0.1) is 24.7 Å². The summed E-state index contributed by atoms with van der Waals surface area (Å²) in [5.41, 5.74) is 1.72. The smallest absolute Gasteiger partial charge is 0.245 e. The molecule has 0 bridgehead atoms. The highest BCUT2D eigenvalue weighted by molar-refractivity contribution is 7.90. The van der Waals surface area contributed by atoms with E-state index in [0.29, 0.717) is 41.3 Å². The van der Waals surface area contributed by atoms with Crippen LogP contribution in [-0.2, 0) is 34.2 Å². The summed E-state index contributed by atoms with van der Waals surface area (Å²) in [6.07, 6.45) is -0.595. The van der Waals surface area contributed by atoms with Gasteiger partial charge in [0.25, 0.3) is 0 Å². The Morgan fingerprint density at radius 1 is 1.00 bits per heavy atom. The number of aliphatic imine (C=N–C) groups is 1. The molecule has 1 unspecified atom stereocenters. The van der Waals surface area contributed by atoms with Crippen LogP contribution in [0.2, 0.25) is 0 Å². The number of methoxy groups -OCH3 is 2. The molecule has 2 aliphatic rings. The molecule has 1 saturated heterocycles. The van der Waals surface area contributed by atoms with Gasteiger partial charge in [-0.25, -0.2) is 22.0 Å². The van der Waals surface area contributed by atoms with Gasteiger partial charge in [0.1, 0.15) is 22.6 Å². The summed E-state index contributed by atoms with van der Waals surface area (Å²) in [5, 5.41) is 8.02. The first-order chi connectivity index (χ1) is 21.1. The first-order valence-electron chi connectivity index (χ1n) is 14.0. The van der Waals surface area contributed by atoms with Crippen molar-refractivity contribution in [2.75, 3.05) is 38.9 Å². The summed E-state index contributed by atoms with van der Waals surface area (Å²) in [4.78, 5) is 5.31. The number of alkyl halides is 1. The number of benzene rings is 3. The van der Waals surface area contributed by atoms with Crippen molar-refractivity contribution in [1.82, 2.24) is 4.31 Å². The summed E-state index contributed by atoms with van der Waals surface area (Å²) in [5.74, 6) is 1.07. The van der Waals surface area contributed by atoms with Crippen LogP contribution in [0, 0.1) is 5.92 Å². The third-order valence-corrected chi connectivity index (χ3v) is 10.5. The molecule has 2 aliphatic heterocycles. The van der Waals surface area contributed by atoms with Gasteiger partial charge in [-0.15, -0.1) is 5.11 Å². The molecule has 0 saturated carbocycles. The molecule has 5 rings (SSSR count). The molecule has 0 aromatic heterocycles. The number of amidine groups is 1. The van der Waals surface area contributed by atoms with Gasteiger partial charge in [-0.05, 0) is 59.9 Å². The minimum absolute atomic E-state index is 0.00810. The second-order valence-corrected chi connectivity index (χ2v) is 13.4. The molecule has 3 atom stereocenters. The number of ether oxygens (including phenoxy) is 2. The predicted molar refractivity (Wildman–Crippen MR) is 165 cm³/mol. The zero-order valence-corrected chi connectivity index (χ0v) is 26.2. The lowest BCUT2D eigenvalue weighted by molar-refractivity contribution is 0.211. The van der Waals surface area contributed by atoms with Crippen molar-refractivity contribution >= 4 is 32.6 Å². The maximum Gasteiger partial charge on any atom is 0.245 e. The summed E-state index contributed by atoms with van der Waals surface area (Å²) < 4.78 is 79.5. The average molecular weight is 644 g/mol. The van der Waals surface area contributed by atoms with Crippen molar-refractivity contribution in [1.29, 1.82) is 0 Å². The van der Waals surface area contributed by atoms with E-state index in [1.54, 1.807) is 53.4 Å². The standard InChI is InChI=1S/C30H34FN5O6S2/c1-20-14-15-35(18-25(20)31)26-12-13-27(43(37)38)29(28(26)30-32-19-33-34-30)44(39,40)36(16-21-4-8-23(41-2)9-5-21)17-22-6-10-24(42-3)11-7-22/h4-13,20,25H,14-19H2,1-3H3,(H,37,38)/t20-,25+/m1/s1. The van der Waals surface area contributed by atoms with Crippen LogP contribution >= 0.6 is 0 Å². The summed E-state index contributed by atoms with van der Waals surface area (Å²) in [7, 11) is -1.46. The Labute approximate surface area is 258 Å². The van der Waals surface area contributed by atoms with Gasteiger partial charge in [0.2, 0.25) is 10.0 Å². The number of azo groups is 1. The van der Waals surface area contributed by atoms with Crippen LogP contribution in [0.1, 0.15) is 30.0 Å². The fourth-order valence-corrected chi connectivity index (χ4v) is 7.90. The maximum atomic E-state index is 14.9. The lowest BCUT2D eigenvalue weighted by atomic mass is 9.96. The molecule has 1 fully saturated rings. The van der Waals surface area contributed by atoms with E-state index in [9.17, 15) is 21.6 Å². The van der Waals surface area contributed by atoms with Gasteiger partial charge in [-0.2, -0.15) is 9.42 Å². The molecule has 0 aliphatic carbocycles. The zero-order chi connectivity index (χ0) is 31.4. The normalized spacial score (nSPS) is 19.2. The van der Waals surface area contributed by atoms with Crippen molar-refractivity contribution in [3.8, 4) is 11.5 Å². The summed E-state index contributed by atoms with van der Waals surface area (Å²) >= 11 is -2.70. The Balaban J connectivity index is 1.69. The summed E-state index contributed by atoms with van der Waals surface area (Å²) in [6.45, 7) is 2.16. The van der Waals surface area contributed by atoms with Gasteiger partial charge in [0, 0.05) is 31.9 Å². The van der Waals surface area contributed by atoms with Crippen LogP contribution in [0.15, 0.2) is 85.7 Å². The van der Waals surface area contributed by atoms with E-state index in [1.807, 2.05) is 6.92 Å². The molecule has 11 nitrogen and oxygen atoms in total. The number of sulfonamides is 1. The van der Waals surface area contributed by atoms with E-state index in [1.165, 1.54) is 30.7 Å². The quantitative estimate of drug-likeness (QED) is 0.290. The molecular weight excluding hydrogens is 609 g/mol. The Morgan fingerprint density at radius 3 is 2.07 bits per heavy atom. The van der Waals surface area contributed by atoms with Gasteiger partial charge >= 0.3 is 0 Å². The minimum Gasteiger partial charge on any atom is -0.497 e. The molecule has 14 heteroatoms. The van der Waals surface area contributed by atoms with Crippen LogP contribution in [0.25, 0.3) is 0 Å². The molecule has 0 radical (unpaired) electrons. The SMILES string of the molecule is COc1ccc(CN(Cc2ccc(OC)cc2)S(=O)(=O)c2c(S(=O)O)ccc(N3CC[C@@H](C)[C@@H](F)C3)c2C2=NCN=N2)cc1. The molecule has 3 aromatic rings. The van der Waals surface area contributed by atoms with E-state index < -0.39 is 32.2 Å². The molecular formula is C30H34FN5O6S2. The molecule has 2 heterocycles. The van der Waals surface area contributed by atoms with Crippen LogP contribution in [-0.4, -0.2) is 67.5 Å². The monoisotopic (exact) mass is 643 g/mol. The highest BCUT2D eigenvalue weighted by Gasteiger charge is 2.38. The van der Waals surface area contributed by atoms with E-state index in [2.05, 4.69) is 15.2 Å². The number of halogens is 1. The fraction of sp³-hybridized carbons (Fsp3) is 0.367. The second-order valence-electron chi connectivity index (χ2n) is 10.6. The van der Waals surface area contributed by atoms with Gasteiger partial charge < -0.3 is 18.9 Å². The number of hydrogen-bond donors (Lipinski definition) is 1. The molecule has 234 valence electrons. The van der Waals surface area contributed by atoms with E-state index >= 15 is 0 Å². The largest absolute Gasteiger partial charge is 0.497 e. The third kappa shape index (κ3) is 6.67. The minimum atomic E-state index is -4.54. The van der Waals surface area contributed by atoms with Crippen LogP contribution in [0.3, 0.4) is 0 Å².